The zero-order chi connectivity index (χ0) is 11.4. The molecule has 0 aromatic heterocycles. The fourth-order valence-corrected chi connectivity index (χ4v) is 1.45. The van der Waals surface area contributed by atoms with Crippen LogP contribution < -0.4 is 10.9 Å². The SMILES string of the molecule is O=C1CCC(C(=O)NNc2ccccc2)O1. The van der Waals surface area contributed by atoms with Crippen LogP contribution in [0, 0.1) is 0 Å². The van der Waals surface area contributed by atoms with Crippen molar-refractivity contribution >= 4 is 17.6 Å². The Bertz CT molecular complexity index is 391. The number of rotatable bonds is 3. The monoisotopic (exact) mass is 220 g/mol. The molecule has 5 nitrogen and oxygen atoms in total. The molecule has 1 atom stereocenters. The maximum absolute atomic E-state index is 11.5. The van der Waals surface area contributed by atoms with Crippen molar-refractivity contribution in [2.45, 2.75) is 18.9 Å². The zero-order valence-electron chi connectivity index (χ0n) is 8.60. The molecular weight excluding hydrogens is 208 g/mol. The summed E-state index contributed by atoms with van der Waals surface area (Å²) >= 11 is 0. The molecule has 1 heterocycles. The third-order valence-electron chi connectivity index (χ3n) is 2.28. The Hall–Kier alpha value is -2.04. The van der Waals surface area contributed by atoms with E-state index in [-0.39, 0.29) is 11.9 Å². The molecule has 84 valence electrons. The summed E-state index contributed by atoms with van der Waals surface area (Å²) in [7, 11) is 0. The van der Waals surface area contributed by atoms with Crippen LogP contribution in [-0.2, 0) is 14.3 Å². The van der Waals surface area contributed by atoms with Crippen LogP contribution in [0.25, 0.3) is 0 Å². The zero-order valence-corrected chi connectivity index (χ0v) is 8.60. The average Bonchev–Trinajstić information content (AvgIpc) is 2.74. The molecule has 0 bridgehead atoms. The Morgan fingerprint density at radius 2 is 2.06 bits per heavy atom. The molecule has 1 fully saturated rings. The van der Waals surface area contributed by atoms with Gasteiger partial charge in [-0.25, -0.2) is 0 Å². The fourth-order valence-electron chi connectivity index (χ4n) is 1.45. The molecule has 1 aliphatic rings. The summed E-state index contributed by atoms with van der Waals surface area (Å²) in [5.41, 5.74) is 6.02. The molecular formula is C11H12N2O3. The van der Waals surface area contributed by atoms with Gasteiger partial charge in [-0.3, -0.25) is 20.4 Å². The van der Waals surface area contributed by atoms with Gasteiger partial charge in [0, 0.05) is 12.8 Å². The Balaban J connectivity index is 1.82. The lowest BCUT2D eigenvalue weighted by Gasteiger charge is -2.11. The van der Waals surface area contributed by atoms with E-state index < -0.39 is 6.10 Å². The molecule has 1 unspecified atom stereocenters. The predicted molar refractivity (Wildman–Crippen MR) is 57.3 cm³/mol. The van der Waals surface area contributed by atoms with E-state index in [0.29, 0.717) is 12.8 Å². The summed E-state index contributed by atoms with van der Waals surface area (Å²) in [4.78, 5) is 22.3. The van der Waals surface area contributed by atoms with Crippen molar-refractivity contribution in [3.05, 3.63) is 30.3 Å². The summed E-state index contributed by atoms with van der Waals surface area (Å²) in [5.74, 6) is -0.644. The van der Waals surface area contributed by atoms with Crippen molar-refractivity contribution in [3.8, 4) is 0 Å². The second-order valence-corrected chi connectivity index (χ2v) is 3.50. The van der Waals surface area contributed by atoms with Crippen molar-refractivity contribution in [1.29, 1.82) is 0 Å². The lowest BCUT2D eigenvalue weighted by atomic mass is 10.2. The minimum absolute atomic E-state index is 0.309. The maximum Gasteiger partial charge on any atom is 0.306 e. The third-order valence-corrected chi connectivity index (χ3v) is 2.28. The van der Waals surface area contributed by atoms with Crippen LogP contribution in [0.15, 0.2) is 30.3 Å². The first-order chi connectivity index (χ1) is 7.75. The van der Waals surface area contributed by atoms with Gasteiger partial charge in [-0.05, 0) is 12.1 Å². The molecule has 2 rings (SSSR count). The second kappa shape index (κ2) is 4.65. The molecule has 0 spiro atoms. The van der Waals surface area contributed by atoms with E-state index in [0.717, 1.165) is 5.69 Å². The van der Waals surface area contributed by atoms with E-state index in [9.17, 15) is 9.59 Å². The Labute approximate surface area is 92.8 Å². The van der Waals surface area contributed by atoms with Gasteiger partial charge in [-0.2, -0.15) is 0 Å². The van der Waals surface area contributed by atoms with E-state index in [4.69, 9.17) is 4.74 Å². The largest absolute Gasteiger partial charge is 0.452 e. The molecule has 1 aliphatic heterocycles. The molecule has 1 aromatic carbocycles. The van der Waals surface area contributed by atoms with Gasteiger partial charge in [-0.15, -0.1) is 0 Å². The fraction of sp³-hybridized carbons (Fsp3) is 0.273. The summed E-state index contributed by atoms with van der Waals surface area (Å²) in [6.07, 6.45) is 0.0913. The normalized spacial score (nSPS) is 19.0. The average molecular weight is 220 g/mol. The lowest BCUT2D eigenvalue weighted by molar-refractivity contribution is -0.147. The number of carbonyl (C=O) groups is 2. The number of cyclic esters (lactones) is 1. The Kier molecular flexibility index (Phi) is 3.05. The molecule has 1 amide bonds. The molecule has 1 aromatic rings. The number of hydrogen-bond donors (Lipinski definition) is 2. The highest BCUT2D eigenvalue weighted by Crippen LogP contribution is 2.13. The summed E-state index contributed by atoms with van der Waals surface area (Å²) in [6.45, 7) is 0. The van der Waals surface area contributed by atoms with Gasteiger partial charge >= 0.3 is 5.97 Å². The van der Waals surface area contributed by atoms with Crippen LogP contribution in [0.2, 0.25) is 0 Å². The van der Waals surface area contributed by atoms with Crippen LogP contribution in [-0.4, -0.2) is 18.0 Å². The minimum atomic E-state index is -0.663. The number of benzene rings is 1. The number of esters is 1. The van der Waals surface area contributed by atoms with Gasteiger partial charge in [0.05, 0.1) is 5.69 Å². The molecule has 0 radical (unpaired) electrons. The van der Waals surface area contributed by atoms with Gasteiger partial charge in [0.25, 0.3) is 5.91 Å². The van der Waals surface area contributed by atoms with Gasteiger partial charge in [-0.1, -0.05) is 18.2 Å². The second-order valence-electron chi connectivity index (χ2n) is 3.50. The predicted octanol–water partition coefficient (Wildman–Crippen LogP) is 0.835. The van der Waals surface area contributed by atoms with Gasteiger partial charge in [0.2, 0.25) is 0 Å². The number of amides is 1. The van der Waals surface area contributed by atoms with E-state index in [2.05, 4.69) is 10.9 Å². The van der Waals surface area contributed by atoms with E-state index in [1.165, 1.54) is 0 Å². The van der Waals surface area contributed by atoms with Crippen LogP contribution in [0.5, 0.6) is 0 Å². The summed E-state index contributed by atoms with van der Waals surface area (Å²) < 4.78 is 4.82. The maximum atomic E-state index is 11.5. The van der Waals surface area contributed by atoms with E-state index in [1.54, 1.807) is 0 Å². The number of nitrogens with one attached hydrogen (secondary N) is 2. The van der Waals surface area contributed by atoms with Crippen LogP contribution >= 0.6 is 0 Å². The summed E-state index contributed by atoms with van der Waals surface area (Å²) in [6, 6.07) is 9.22. The first-order valence-corrected chi connectivity index (χ1v) is 5.06. The smallest absolute Gasteiger partial charge is 0.306 e. The van der Waals surface area contributed by atoms with Crippen molar-refractivity contribution in [2.24, 2.45) is 0 Å². The number of para-hydroxylation sites is 1. The third kappa shape index (κ3) is 2.50. The van der Waals surface area contributed by atoms with Gasteiger partial charge in [0.1, 0.15) is 0 Å². The number of hydrazine groups is 1. The minimum Gasteiger partial charge on any atom is -0.452 e. The van der Waals surface area contributed by atoms with Crippen LogP contribution in [0.4, 0.5) is 5.69 Å². The molecule has 1 saturated heterocycles. The molecule has 0 saturated carbocycles. The molecule has 2 N–H and O–H groups in total. The number of ether oxygens (including phenoxy) is 1. The standard InChI is InChI=1S/C11H12N2O3/c14-10-7-6-9(16-10)11(15)13-12-8-4-2-1-3-5-8/h1-5,9,12H,6-7H2,(H,13,15). The lowest BCUT2D eigenvalue weighted by Crippen LogP contribution is -2.38. The van der Waals surface area contributed by atoms with Crippen molar-refractivity contribution in [1.82, 2.24) is 5.43 Å². The highest BCUT2D eigenvalue weighted by Gasteiger charge is 2.29. The summed E-state index contributed by atoms with van der Waals surface area (Å²) in [5, 5.41) is 0. The Morgan fingerprint density at radius 1 is 1.31 bits per heavy atom. The van der Waals surface area contributed by atoms with Crippen LogP contribution in [0.1, 0.15) is 12.8 Å². The molecule has 0 aliphatic carbocycles. The topological polar surface area (TPSA) is 67.4 Å². The molecule has 5 heteroatoms. The Morgan fingerprint density at radius 3 is 2.69 bits per heavy atom. The quantitative estimate of drug-likeness (QED) is 0.585. The highest BCUT2D eigenvalue weighted by molar-refractivity contribution is 5.87. The van der Waals surface area contributed by atoms with Gasteiger partial charge in [0.15, 0.2) is 6.10 Å². The van der Waals surface area contributed by atoms with E-state index in [1.807, 2.05) is 30.3 Å². The number of anilines is 1. The van der Waals surface area contributed by atoms with Crippen molar-refractivity contribution in [3.63, 3.8) is 0 Å². The van der Waals surface area contributed by atoms with Gasteiger partial charge < -0.3 is 4.74 Å². The van der Waals surface area contributed by atoms with E-state index >= 15 is 0 Å². The first-order valence-electron chi connectivity index (χ1n) is 5.06. The molecule has 16 heavy (non-hydrogen) atoms. The van der Waals surface area contributed by atoms with Crippen molar-refractivity contribution in [2.75, 3.05) is 5.43 Å². The van der Waals surface area contributed by atoms with Crippen LogP contribution in [0.3, 0.4) is 0 Å². The highest BCUT2D eigenvalue weighted by atomic mass is 16.6. The first kappa shape index (κ1) is 10.5. The van der Waals surface area contributed by atoms with Crippen molar-refractivity contribution < 1.29 is 14.3 Å². The number of carbonyl (C=O) groups excluding carboxylic acids is 2. The number of hydrogen-bond acceptors (Lipinski definition) is 4.